The van der Waals surface area contributed by atoms with Crippen molar-refractivity contribution < 1.29 is 70.7 Å². The molecule has 1 aromatic rings. The average Bonchev–Trinajstić information content (AvgIpc) is 3.11. The van der Waals surface area contributed by atoms with Crippen molar-refractivity contribution in [1.29, 1.82) is 0 Å². The Morgan fingerprint density at radius 2 is 1.19 bits per heavy atom. The summed E-state index contributed by atoms with van der Waals surface area (Å²) in [7, 11) is 0. The van der Waals surface area contributed by atoms with Crippen LogP contribution in [0.2, 0.25) is 0 Å². The summed E-state index contributed by atoms with van der Waals surface area (Å²) in [4.78, 5) is 11.1. The number of carbonyl (C=O) groups excluding carboxylic acids is 1. The van der Waals surface area contributed by atoms with Crippen molar-refractivity contribution in [2.75, 3.05) is 0 Å². The highest BCUT2D eigenvalue weighted by molar-refractivity contribution is 6.22. The summed E-state index contributed by atoms with van der Waals surface area (Å²) < 4.78 is 189. The molecular weight excluding hydrogens is 504 g/mol. The first-order valence-corrected chi connectivity index (χ1v) is 7.52. The second kappa shape index (κ2) is 7.58. The van der Waals surface area contributed by atoms with E-state index in [9.17, 15) is 66.3 Å². The van der Waals surface area contributed by atoms with E-state index in [0.717, 1.165) is 23.7 Å². The summed E-state index contributed by atoms with van der Waals surface area (Å²) in [5.41, 5.74) is 0. The molecule has 3 nitrogen and oxygen atoms in total. The maximum Gasteiger partial charge on any atom is 0.393 e. The fourth-order valence-corrected chi connectivity index (χ4v) is 1.92. The van der Waals surface area contributed by atoms with Gasteiger partial charge < -0.3 is 9.73 Å². The number of carbonyl (C=O) groups is 1. The number of amides is 1. The minimum atomic E-state index is -8.28. The second-order valence-corrected chi connectivity index (χ2v) is 6.18. The van der Waals surface area contributed by atoms with Crippen molar-refractivity contribution >= 4 is 17.5 Å². The van der Waals surface area contributed by atoms with Crippen LogP contribution in [0.1, 0.15) is 5.76 Å². The van der Waals surface area contributed by atoms with Crippen molar-refractivity contribution in [3.05, 3.63) is 24.2 Å². The SMILES string of the molecule is O=C(NCc1ccco1)C(F)(F)C(F)(F)C(F)(F)C(F)(F)C(F)(F)C(F)(F)C(F)(F)Cl. The van der Waals surface area contributed by atoms with Crippen LogP contribution in [-0.4, -0.2) is 46.8 Å². The van der Waals surface area contributed by atoms with Crippen molar-refractivity contribution in [3.8, 4) is 0 Å². The zero-order valence-electron chi connectivity index (χ0n) is 13.9. The second-order valence-electron chi connectivity index (χ2n) is 5.71. The largest absolute Gasteiger partial charge is 0.467 e. The van der Waals surface area contributed by atoms with Crippen LogP contribution in [0.3, 0.4) is 0 Å². The average molecular weight is 510 g/mol. The Labute approximate surface area is 166 Å². The molecule has 0 spiro atoms. The number of alkyl halides is 15. The van der Waals surface area contributed by atoms with Gasteiger partial charge in [-0.15, -0.1) is 0 Å². The van der Waals surface area contributed by atoms with Gasteiger partial charge in [0.05, 0.1) is 12.8 Å². The topological polar surface area (TPSA) is 42.2 Å². The predicted octanol–water partition coefficient (Wildman–Crippen LogP) is 5.54. The fraction of sp³-hybridized carbons (Fsp3) is 0.615. The summed E-state index contributed by atoms with van der Waals surface area (Å²) in [6, 6.07) is 1.99. The molecule has 0 bridgehead atoms. The number of hydrogen-bond acceptors (Lipinski definition) is 2. The van der Waals surface area contributed by atoms with Crippen molar-refractivity contribution in [2.45, 2.75) is 47.5 Å². The first-order valence-electron chi connectivity index (χ1n) is 7.14. The molecule has 0 aromatic carbocycles. The van der Waals surface area contributed by atoms with E-state index in [1.165, 1.54) is 0 Å². The summed E-state index contributed by atoms with van der Waals surface area (Å²) in [6.45, 7) is -1.22. The van der Waals surface area contributed by atoms with Crippen LogP contribution in [-0.2, 0) is 11.3 Å². The standard InChI is InChI=1S/C13H6ClF14NO2/c14-13(27,28)12(25,26)11(23,24)10(21,22)9(19,20)8(17,18)7(15,16)6(30)29-4-5-2-1-3-31-5/h1-3H,4H2,(H,29,30). The lowest BCUT2D eigenvalue weighted by molar-refractivity contribution is -0.431. The lowest BCUT2D eigenvalue weighted by Crippen LogP contribution is -2.73. The fourth-order valence-electron chi connectivity index (χ4n) is 1.80. The molecule has 0 aliphatic heterocycles. The summed E-state index contributed by atoms with van der Waals surface area (Å²) in [6.07, 6.45) is 0.859. The molecule has 0 aliphatic rings. The minimum absolute atomic E-state index is 0.458. The molecule has 31 heavy (non-hydrogen) atoms. The zero-order valence-corrected chi connectivity index (χ0v) is 14.7. The smallest absolute Gasteiger partial charge is 0.393 e. The van der Waals surface area contributed by atoms with E-state index in [2.05, 4.69) is 16.0 Å². The van der Waals surface area contributed by atoms with Crippen LogP contribution in [0.15, 0.2) is 22.8 Å². The monoisotopic (exact) mass is 509 g/mol. The minimum Gasteiger partial charge on any atom is -0.467 e. The molecule has 18 heteroatoms. The van der Waals surface area contributed by atoms with Gasteiger partial charge in [-0.3, -0.25) is 4.79 Å². The zero-order chi connectivity index (χ0) is 24.9. The third-order valence-corrected chi connectivity index (χ3v) is 3.85. The van der Waals surface area contributed by atoms with E-state index in [4.69, 9.17) is 0 Å². The van der Waals surface area contributed by atoms with Gasteiger partial charge in [-0.05, 0) is 23.7 Å². The highest BCUT2D eigenvalue weighted by atomic mass is 35.5. The van der Waals surface area contributed by atoms with E-state index < -0.39 is 59.1 Å². The Balaban J connectivity index is 3.38. The number of halogens is 15. The van der Waals surface area contributed by atoms with Crippen LogP contribution in [0.5, 0.6) is 0 Å². The number of nitrogens with one attached hydrogen (secondary N) is 1. The molecule has 1 rings (SSSR count). The Hall–Kier alpha value is -1.94. The van der Waals surface area contributed by atoms with Crippen molar-refractivity contribution in [1.82, 2.24) is 5.32 Å². The van der Waals surface area contributed by atoms with Gasteiger partial charge in [0.1, 0.15) is 5.76 Å². The van der Waals surface area contributed by atoms with Gasteiger partial charge in [0.25, 0.3) is 5.91 Å². The van der Waals surface area contributed by atoms with Crippen molar-refractivity contribution in [3.63, 3.8) is 0 Å². The van der Waals surface area contributed by atoms with Gasteiger partial charge in [0, 0.05) is 0 Å². The van der Waals surface area contributed by atoms with Gasteiger partial charge in [-0.1, -0.05) is 0 Å². The molecular formula is C13H6ClF14NO2. The number of hydrogen-bond donors (Lipinski definition) is 1. The van der Waals surface area contributed by atoms with E-state index in [-0.39, 0.29) is 0 Å². The van der Waals surface area contributed by atoms with E-state index in [0.29, 0.717) is 0 Å². The Kier molecular flexibility index (Phi) is 6.63. The molecule has 1 aromatic heterocycles. The maximum atomic E-state index is 13.6. The first kappa shape index (κ1) is 27.1. The summed E-state index contributed by atoms with van der Waals surface area (Å²) in [5.74, 6) is -50.9. The normalized spacial score (nSPS) is 15.2. The molecule has 0 radical (unpaired) electrons. The number of rotatable bonds is 9. The van der Waals surface area contributed by atoms with E-state index in [1.54, 1.807) is 0 Å². The number of furan rings is 1. The van der Waals surface area contributed by atoms with Crippen LogP contribution in [0.25, 0.3) is 0 Å². The highest BCUT2D eigenvalue weighted by Crippen LogP contribution is 2.62. The molecule has 0 atom stereocenters. The maximum absolute atomic E-state index is 13.6. The molecule has 0 fully saturated rings. The Morgan fingerprint density at radius 3 is 1.58 bits per heavy atom. The third-order valence-electron chi connectivity index (χ3n) is 3.62. The van der Waals surface area contributed by atoms with Gasteiger partial charge >= 0.3 is 40.9 Å². The molecule has 1 heterocycles. The molecule has 0 unspecified atom stereocenters. The lowest BCUT2D eigenvalue weighted by Gasteiger charge is -2.41. The van der Waals surface area contributed by atoms with Crippen molar-refractivity contribution in [2.24, 2.45) is 0 Å². The molecule has 1 N–H and O–H groups in total. The van der Waals surface area contributed by atoms with Crippen LogP contribution in [0, 0.1) is 0 Å². The van der Waals surface area contributed by atoms with Gasteiger partial charge in [0.15, 0.2) is 0 Å². The Bertz CT molecular complexity index is 787. The van der Waals surface area contributed by atoms with Crippen LogP contribution < -0.4 is 5.32 Å². The molecule has 0 saturated carbocycles. The van der Waals surface area contributed by atoms with Gasteiger partial charge in [-0.25, -0.2) is 0 Å². The van der Waals surface area contributed by atoms with Gasteiger partial charge in [0.2, 0.25) is 0 Å². The van der Waals surface area contributed by atoms with Gasteiger partial charge in [-0.2, -0.15) is 61.5 Å². The van der Waals surface area contributed by atoms with E-state index >= 15 is 0 Å². The summed E-state index contributed by atoms with van der Waals surface area (Å²) >= 11 is 3.46. The van der Waals surface area contributed by atoms with E-state index in [1.807, 2.05) is 0 Å². The highest BCUT2D eigenvalue weighted by Gasteiger charge is 2.93. The molecule has 180 valence electrons. The Morgan fingerprint density at radius 1 is 0.774 bits per heavy atom. The predicted molar refractivity (Wildman–Crippen MR) is 71.0 cm³/mol. The molecule has 0 aliphatic carbocycles. The molecule has 1 amide bonds. The van der Waals surface area contributed by atoms with Crippen LogP contribution in [0.4, 0.5) is 61.5 Å². The third kappa shape index (κ3) is 3.88. The lowest BCUT2D eigenvalue weighted by atomic mass is 9.91. The van der Waals surface area contributed by atoms with Crippen LogP contribution >= 0.6 is 11.6 Å². The molecule has 0 saturated heterocycles. The first-order chi connectivity index (χ1) is 13.5. The summed E-state index contributed by atoms with van der Waals surface area (Å²) in [5, 5.41) is -5.88. The quantitative estimate of drug-likeness (QED) is 0.351.